The smallest absolute Gasteiger partial charge is 0.254 e. The summed E-state index contributed by atoms with van der Waals surface area (Å²) in [5.74, 6) is 0.532. The number of pyridine rings is 1. The van der Waals surface area contributed by atoms with Crippen LogP contribution in [0.1, 0.15) is 23.7 Å². The van der Waals surface area contributed by atoms with Gasteiger partial charge in [0.15, 0.2) is 5.82 Å². The van der Waals surface area contributed by atoms with E-state index in [0.717, 1.165) is 16.8 Å². The minimum atomic E-state index is -0.0719. The van der Waals surface area contributed by atoms with Crippen LogP contribution in [0.15, 0.2) is 23.1 Å². The van der Waals surface area contributed by atoms with Gasteiger partial charge in [-0.05, 0) is 31.9 Å². The van der Waals surface area contributed by atoms with E-state index in [-0.39, 0.29) is 5.56 Å². The molecule has 17 heavy (non-hydrogen) atoms. The first-order chi connectivity index (χ1) is 8.11. The lowest BCUT2D eigenvalue weighted by atomic mass is 10.2. The lowest BCUT2D eigenvalue weighted by Gasteiger charge is -2.05. The Morgan fingerprint density at radius 1 is 1.29 bits per heavy atom. The highest BCUT2D eigenvalue weighted by Gasteiger charge is 2.08. The fourth-order valence-electron chi connectivity index (χ4n) is 1.76. The van der Waals surface area contributed by atoms with E-state index in [9.17, 15) is 4.79 Å². The second-order valence-corrected chi connectivity index (χ2v) is 4.05. The summed E-state index contributed by atoms with van der Waals surface area (Å²) in [5, 5.41) is 0. The maximum absolute atomic E-state index is 11.8. The van der Waals surface area contributed by atoms with Crippen molar-refractivity contribution in [3.63, 3.8) is 0 Å². The number of aromatic nitrogens is 3. The van der Waals surface area contributed by atoms with Gasteiger partial charge in [0.25, 0.3) is 5.56 Å². The predicted molar refractivity (Wildman–Crippen MR) is 66.9 cm³/mol. The molecule has 0 aliphatic carbocycles. The minimum Gasteiger partial charge on any atom is -0.305 e. The average Bonchev–Trinajstić information content (AvgIpc) is 2.29. The fourth-order valence-corrected chi connectivity index (χ4v) is 1.76. The second kappa shape index (κ2) is 4.49. The first kappa shape index (κ1) is 11.5. The van der Waals surface area contributed by atoms with Crippen LogP contribution in [0.25, 0.3) is 11.5 Å². The van der Waals surface area contributed by atoms with Gasteiger partial charge in [-0.15, -0.1) is 0 Å². The van der Waals surface area contributed by atoms with Gasteiger partial charge < -0.3 is 4.98 Å². The summed E-state index contributed by atoms with van der Waals surface area (Å²) >= 11 is 0. The van der Waals surface area contributed by atoms with Crippen molar-refractivity contribution < 1.29 is 0 Å². The summed E-state index contributed by atoms with van der Waals surface area (Å²) in [7, 11) is 0. The van der Waals surface area contributed by atoms with Crippen LogP contribution >= 0.6 is 0 Å². The Labute approximate surface area is 99.8 Å². The van der Waals surface area contributed by atoms with Crippen LogP contribution in [-0.4, -0.2) is 15.0 Å². The number of aromatic amines is 1. The lowest BCUT2D eigenvalue weighted by molar-refractivity contribution is 0.961. The van der Waals surface area contributed by atoms with Crippen LogP contribution < -0.4 is 5.56 Å². The Hall–Kier alpha value is -1.97. The standard InChI is InChI=1S/C13H15N3O/c1-4-10-9(3)15-12(16-13(10)17)11-6-5-8(2)7-14-11/h5-7H,4H2,1-3H3,(H,15,16,17). The molecule has 4 heteroatoms. The zero-order chi connectivity index (χ0) is 12.4. The Balaban J connectivity index is 2.54. The van der Waals surface area contributed by atoms with Gasteiger partial charge in [0.2, 0.25) is 0 Å². The highest BCUT2D eigenvalue weighted by atomic mass is 16.1. The summed E-state index contributed by atoms with van der Waals surface area (Å²) in [6.07, 6.45) is 2.45. The number of hydrogen-bond acceptors (Lipinski definition) is 3. The van der Waals surface area contributed by atoms with Crippen LogP contribution in [-0.2, 0) is 6.42 Å². The van der Waals surface area contributed by atoms with Crippen molar-refractivity contribution in [2.75, 3.05) is 0 Å². The third-order valence-corrected chi connectivity index (χ3v) is 2.73. The zero-order valence-corrected chi connectivity index (χ0v) is 10.2. The first-order valence-corrected chi connectivity index (χ1v) is 5.64. The van der Waals surface area contributed by atoms with Crippen molar-refractivity contribution >= 4 is 0 Å². The molecule has 0 atom stereocenters. The maximum Gasteiger partial charge on any atom is 0.254 e. The predicted octanol–water partition coefficient (Wildman–Crippen LogP) is 2.01. The van der Waals surface area contributed by atoms with Gasteiger partial charge >= 0.3 is 0 Å². The van der Waals surface area contributed by atoms with E-state index < -0.39 is 0 Å². The molecule has 2 aromatic heterocycles. The van der Waals surface area contributed by atoms with Gasteiger partial charge in [-0.3, -0.25) is 9.78 Å². The molecule has 88 valence electrons. The molecule has 0 aliphatic heterocycles. The van der Waals surface area contributed by atoms with Crippen LogP contribution in [0.3, 0.4) is 0 Å². The lowest BCUT2D eigenvalue weighted by Crippen LogP contribution is -2.17. The molecule has 2 aromatic rings. The second-order valence-electron chi connectivity index (χ2n) is 4.05. The largest absolute Gasteiger partial charge is 0.305 e. The molecule has 0 fully saturated rings. The quantitative estimate of drug-likeness (QED) is 0.857. The fraction of sp³-hybridized carbons (Fsp3) is 0.308. The average molecular weight is 229 g/mol. The van der Waals surface area contributed by atoms with Crippen molar-refractivity contribution in [1.29, 1.82) is 0 Å². The topological polar surface area (TPSA) is 58.6 Å². The van der Waals surface area contributed by atoms with Crippen molar-refractivity contribution in [3.05, 3.63) is 45.5 Å². The van der Waals surface area contributed by atoms with E-state index in [1.54, 1.807) is 6.20 Å². The normalized spacial score (nSPS) is 10.5. The van der Waals surface area contributed by atoms with Gasteiger partial charge in [0, 0.05) is 17.5 Å². The third kappa shape index (κ3) is 2.25. The van der Waals surface area contributed by atoms with Gasteiger partial charge in [-0.2, -0.15) is 0 Å². The molecule has 0 aliphatic rings. The van der Waals surface area contributed by atoms with E-state index >= 15 is 0 Å². The molecule has 0 spiro atoms. The summed E-state index contributed by atoms with van der Waals surface area (Å²) < 4.78 is 0. The SMILES string of the molecule is CCc1c(C)nc(-c2ccc(C)cn2)[nH]c1=O. The van der Waals surface area contributed by atoms with E-state index in [1.807, 2.05) is 32.9 Å². The molecule has 0 unspecified atom stereocenters. The molecule has 0 radical (unpaired) electrons. The molecule has 0 aromatic carbocycles. The molecule has 2 rings (SSSR count). The highest BCUT2D eigenvalue weighted by Crippen LogP contribution is 2.12. The molecule has 2 heterocycles. The van der Waals surface area contributed by atoms with Crippen LogP contribution in [0.4, 0.5) is 0 Å². The number of aryl methyl sites for hydroxylation is 2. The molecule has 1 N–H and O–H groups in total. The van der Waals surface area contributed by atoms with Crippen molar-refractivity contribution in [2.24, 2.45) is 0 Å². The van der Waals surface area contributed by atoms with E-state index in [0.29, 0.717) is 17.9 Å². The first-order valence-electron chi connectivity index (χ1n) is 5.64. The number of nitrogens with one attached hydrogen (secondary N) is 1. The van der Waals surface area contributed by atoms with Crippen LogP contribution in [0, 0.1) is 13.8 Å². The van der Waals surface area contributed by atoms with E-state index in [2.05, 4.69) is 15.0 Å². The summed E-state index contributed by atoms with van der Waals surface area (Å²) in [5.41, 5.74) is 3.21. The van der Waals surface area contributed by atoms with Gasteiger partial charge in [0.05, 0.1) is 0 Å². The molecule has 0 saturated carbocycles. The summed E-state index contributed by atoms with van der Waals surface area (Å²) in [6.45, 7) is 5.77. The number of H-pyrrole nitrogens is 1. The summed E-state index contributed by atoms with van der Waals surface area (Å²) in [6, 6.07) is 3.81. The Morgan fingerprint density at radius 3 is 2.59 bits per heavy atom. The molecule has 4 nitrogen and oxygen atoms in total. The van der Waals surface area contributed by atoms with Gasteiger partial charge in [-0.25, -0.2) is 4.98 Å². The van der Waals surface area contributed by atoms with E-state index in [4.69, 9.17) is 0 Å². The number of rotatable bonds is 2. The molecule has 0 bridgehead atoms. The maximum atomic E-state index is 11.8. The molecule has 0 saturated heterocycles. The van der Waals surface area contributed by atoms with Crippen molar-refractivity contribution in [1.82, 2.24) is 15.0 Å². The summed E-state index contributed by atoms with van der Waals surface area (Å²) in [4.78, 5) is 23.2. The Morgan fingerprint density at radius 2 is 2.06 bits per heavy atom. The molecular weight excluding hydrogens is 214 g/mol. The van der Waals surface area contributed by atoms with Crippen LogP contribution in [0.5, 0.6) is 0 Å². The highest BCUT2D eigenvalue weighted by molar-refractivity contribution is 5.49. The zero-order valence-electron chi connectivity index (χ0n) is 10.2. The number of hydrogen-bond donors (Lipinski definition) is 1. The number of nitrogens with zero attached hydrogens (tertiary/aromatic N) is 2. The van der Waals surface area contributed by atoms with E-state index in [1.165, 1.54) is 0 Å². The Kier molecular flexibility index (Phi) is 3.04. The monoisotopic (exact) mass is 229 g/mol. The third-order valence-electron chi connectivity index (χ3n) is 2.73. The van der Waals surface area contributed by atoms with Crippen molar-refractivity contribution in [2.45, 2.75) is 27.2 Å². The Bertz CT molecular complexity index is 585. The molecular formula is C13H15N3O. The molecule has 0 amide bonds. The minimum absolute atomic E-state index is 0.0719. The van der Waals surface area contributed by atoms with Gasteiger partial charge in [-0.1, -0.05) is 13.0 Å². The van der Waals surface area contributed by atoms with Gasteiger partial charge in [0.1, 0.15) is 5.69 Å². The van der Waals surface area contributed by atoms with Crippen LogP contribution in [0.2, 0.25) is 0 Å². The van der Waals surface area contributed by atoms with Crippen molar-refractivity contribution in [3.8, 4) is 11.5 Å².